The maximum Gasteiger partial charge on any atom is 0.210 e. The van der Waals surface area contributed by atoms with Crippen LogP contribution in [0.4, 0.5) is 0 Å². The summed E-state index contributed by atoms with van der Waals surface area (Å²) in [6.45, 7) is 10.3. The monoisotopic (exact) mass is 364 g/mol. The summed E-state index contributed by atoms with van der Waals surface area (Å²) >= 11 is 0. The maximum absolute atomic E-state index is 13.0. The maximum atomic E-state index is 13.0. The van der Waals surface area contributed by atoms with Crippen molar-refractivity contribution >= 4 is 17.3 Å². The molecule has 0 amide bonds. The average molecular weight is 364 g/mol. The third-order valence-electron chi connectivity index (χ3n) is 7.19. The summed E-state index contributed by atoms with van der Waals surface area (Å²) in [7, 11) is 0. The number of carbonyl (C=O) groups is 3. The average Bonchev–Trinajstić information content (AvgIpc) is 2.94. The SMILES string of the molecule is CC(C)C(=O)C1=C(O)[C@@]23C[C@H](C(C)(C)O)C(C)(C)[C@@H]2CC(=O)[C@@]3(O)C1=O. The molecule has 4 atom stereocenters. The Hall–Kier alpha value is -1.53. The molecular weight excluding hydrogens is 336 g/mol. The number of hydrogen-bond acceptors (Lipinski definition) is 6. The largest absolute Gasteiger partial charge is 0.511 e. The summed E-state index contributed by atoms with van der Waals surface area (Å²) in [5.41, 5.74) is -6.15. The highest BCUT2D eigenvalue weighted by Crippen LogP contribution is 2.73. The van der Waals surface area contributed by atoms with Crippen LogP contribution in [0.2, 0.25) is 0 Å². The van der Waals surface area contributed by atoms with Crippen LogP contribution in [0, 0.1) is 28.6 Å². The molecule has 0 aromatic rings. The number of aliphatic hydroxyl groups excluding tert-OH is 1. The third-order valence-corrected chi connectivity index (χ3v) is 7.19. The van der Waals surface area contributed by atoms with Crippen molar-refractivity contribution in [3.05, 3.63) is 11.3 Å². The Morgan fingerprint density at radius 1 is 1.23 bits per heavy atom. The van der Waals surface area contributed by atoms with Crippen LogP contribution in [0.5, 0.6) is 0 Å². The highest BCUT2D eigenvalue weighted by Gasteiger charge is 2.81. The van der Waals surface area contributed by atoms with E-state index in [1.807, 2.05) is 13.8 Å². The first-order chi connectivity index (χ1) is 11.6. The first-order valence-corrected chi connectivity index (χ1v) is 9.15. The number of ketones is 3. The molecule has 0 heterocycles. The summed E-state index contributed by atoms with van der Waals surface area (Å²) < 4.78 is 0. The molecule has 2 fully saturated rings. The number of aliphatic hydroxyl groups is 3. The Balaban J connectivity index is 2.29. The lowest BCUT2D eigenvalue weighted by atomic mass is 9.67. The van der Waals surface area contributed by atoms with Crippen LogP contribution in [-0.4, -0.2) is 43.9 Å². The van der Waals surface area contributed by atoms with Gasteiger partial charge >= 0.3 is 0 Å². The fourth-order valence-electron chi connectivity index (χ4n) is 5.98. The number of Topliss-reactive ketones (excluding diaryl/α,β-unsaturated/α-hetero) is 3. The van der Waals surface area contributed by atoms with Gasteiger partial charge in [-0.1, -0.05) is 27.7 Å². The van der Waals surface area contributed by atoms with Crippen LogP contribution in [0.25, 0.3) is 0 Å². The zero-order chi connectivity index (χ0) is 20.0. The van der Waals surface area contributed by atoms with Crippen molar-refractivity contribution in [2.75, 3.05) is 0 Å². The molecule has 0 bridgehead atoms. The minimum Gasteiger partial charge on any atom is -0.511 e. The van der Waals surface area contributed by atoms with Crippen molar-refractivity contribution in [3.8, 4) is 0 Å². The van der Waals surface area contributed by atoms with Gasteiger partial charge in [-0.25, -0.2) is 0 Å². The van der Waals surface area contributed by atoms with Crippen molar-refractivity contribution < 1.29 is 29.7 Å². The molecule has 2 saturated carbocycles. The summed E-state index contributed by atoms with van der Waals surface area (Å²) in [4.78, 5) is 38.3. The molecule has 3 N–H and O–H groups in total. The molecule has 0 saturated heterocycles. The van der Waals surface area contributed by atoms with Gasteiger partial charge in [-0.05, 0) is 37.5 Å². The fraction of sp³-hybridized carbons (Fsp3) is 0.750. The first kappa shape index (κ1) is 19.2. The van der Waals surface area contributed by atoms with Crippen molar-refractivity contribution in [3.63, 3.8) is 0 Å². The topological polar surface area (TPSA) is 112 Å². The summed E-state index contributed by atoms with van der Waals surface area (Å²) in [5.74, 6) is -4.11. The van der Waals surface area contributed by atoms with Crippen molar-refractivity contribution in [1.82, 2.24) is 0 Å². The lowest BCUT2D eigenvalue weighted by molar-refractivity contribution is -0.154. The predicted molar refractivity (Wildman–Crippen MR) is 93.2 cm³/mol. The number of hydrogen-bond donors (Lipinski definition) is 3. The molecule has 26 heavy (non-hydrogen) atoms. The van der Waals surface area contributed by atoms with Gasteiger partial charge in [-0.3, -0.25) is 14.4 Å². The van der Waals surface area contributed by atoms with E-state index in [1.54, 1.807) is 27.7 Å². The second kappa shape index (κ2) is 5.04. The minimum absolute atomic E-state index is 0.0605. The summed E-state index contributed by atoms with van der Waals surface area (Å²) in [6, 6.07) is 0. The van der Waals surface area contributed by atoms with Crippen LogP contribution >= 0.6 is 0 Å². The first-order valence-electron chi connectivity index (χ1n) is 9.15. The lowest BCUT2D eigenvalue weighted by Gasteiger charge is -2.39. The highest BCUT2D eigenvalue weighted by molar-refractivity contribution is 6.33. The van der Waals surface area contributed by atoms with Gasteiger partial charge in [0.1, 0.15) is 11.3 Å². The van der Waals surface area contributed by atoms with Crippen LogP contribution in [0.15, 0.2) is 11.3 Å². The van der Waals surface area contributed by atoms with E-state index in [0.717, 1.165) is 0 Å². The van der Waals surface area contributed by atoms with Gasteiger partial charge in [-0.15, -0.1) is 0 Å². The van der Waals surface area contributed by atoms with Gasteiger partial charge in [0.25, 0.3) is 0 Å². The second-order valence-corrected chi connectivity index (χ2v) is 9.67. The molecule has 0 unspecified atom stereocenters. The van der Waals surface area contributed by atoms with Gasteiger partial charge in [0.05, 0.1) is 11.0 Å². The lowest BCUT2D eigenvalue weighted by Crippen LogP contribution is -2.53. The Bertz CT molecular complexity index is 753. The van der Waals surface area contributed by atoms with Gasteiger partial charge < -0.3 is 15.3 Å². The minimum atomic E-state index is -2.42. The Morgan fingerprint density at radius 2 is 1.77 bits per heavy atom. The van der Waals surface area contributed by atoms with Crippen LogP contribution in [-0.2, 0) is 14.4 Å². The Labute approximate surface area is 153 Å². The van der Waals surface area contributed by atoms with E-state index in [0.29, 0.717) is 0 Å². The van der Waals surface area contributed by atoms with E-state index in [2.05, 4.69) is 0 Å². The molecule has 3 rings (SSSR count). The van der Waals surface area contributed by atoms with Gasteiger partial charge in [-0.2, -0.15) is 0 Å². The normalized spacial score (nSPS) is 39.0. The summed E-state index contributed by atoms with van der Waals surface area (Å²) in [5, 5.41) is 33.0. The second-order valence-electron chi connectivity index (χ2n) is 9.67. The zero-order valence-corrected chi connectivity index (χ0v) is 16.2. The predicted octanol–water partition coefficient (Wildman–Crippen LogP) is 1.73. The third kappa shape index (κ3) is 1.87. The molecule has 144 valence electrons. The van der Waals surface area contributed by atoms with Crippen LogP contribution in [0.3, 0.4) is 0 Å². The van der Waals surface area contributed by atoms with Gasteiger partial charge in [0.2, 0.25) is 5.78 Å². The van der Waals surface area contributed by atoms with E-state index >= 15 is 0 Å². The fourth-order valence-corrected chi connectivity index (χ4v) is 5.98. The van der Waals surface area contributed by atoms with E-state index in [9.17, 15) is 29.7 Å². The van der Waals surface area contributed by atoms with Crippen LogP contribution in [0.1, 0.15) is 54.4 Å². The number of rotatable bonds is 3. The van der Waals surface area contributed by atoms with Crippen molar-refractivity contribution in [2.45, 2.75) is 65.6 Å². The number of carbonyl (C=O) groups excluding carboxylic acids is 3. The van der Waals surface area contributed by atoms with E-state index in [1.165, 1.54) is 0 Å². The summed E-state index contributed by atoms with van der Waals surface area (Å²) in [6.07, 6.45) is 0.0118. The van der Waals surface area contributed by atoms with E-state index in [4.69, 9.17) is 0 Å². The van der Waals surface area contributed by atoms with Crippen molar-refractivity contribution in [2.24, 2.45) is 28.6 Å². The van der Waals surface area contributed by atoms with E-state index in [-0.39, 0.29) is 18.8 Å². The standard InChI is InChI=1S/C20H28O6/c1-9(2)14(22)13-15(23)19-8-11(18(5,6)25)17(3,4)10(19)7-12(21)20(19,26)16(13)24/h9-11,23,25-26H,7-8H2,1-6H3/t10-,11-,19+,20+/m0/s1. The van der Waals surface area contributed by atoms with Gasteiger partial charge in [0, 0.05) is 12.3 Å². The molecule has 0 aromatic carbocycles. The quantitative estimate of drug-likeness (QED) is 0.519. The smallest absolute Gasteiger partial charge is 0.210 e. The molecule has 3 aliphatic rings. The Morgan fingerprint density at radius 3 is 2.23 bits per heavy atom. The molecule has 0 aromatic heterocycles. The van der Waals surface area contributed by atoms with Gasteiger partial charge in [0.15, 0.2) is 17.2 Å². The highest BCUT2D eigenvalue weighted by atomic mass is 16.3. The van der Waals surface area contributed by atoms with E-state index < -0.39 is 62.5 Å². The molecule has 1 spiro atoms. The molecule has 0 aliphatic heterocycles. The molecule has 3 aliphatic carbocycles. The molecular formula is C20H28O6. The molecule has 0 radical (unpaired) electrons. The van der Waals surface area contributed by atoms with Crippen molar-refractivity contribution in [1.29, 1.82) is 0 Å². The zero-order valence-electron chi connectivity index (χ0n) is 16.2. The Kier molecular flexibility index (Phi) is 3.73. The van der Waals surface area contributed by atoms with Crippen LogP contribution < -0.4 is 0 Å². The molecule has 6 nitrogen and oxygen atoms in total. The molecule has 6 heteroatoms.